The topological polar surface area (TPSA) is 95.9 Å². The zero-order valence-corrected chi connectivity index (χ0v) is 20.1. The van der Waals surface area contributed by atoms with E-state index >= 15 is 0 Å². The van der Waals surface area contributed by atoms with Crippen LogP contribution in [0, 0.1) is 6.92 Å². The van der Waals surface area contributed by atoms with Crippen LogP contribution >= 0.6 is 35.6 Å². The van der Waals surface area contributed by atoms with Gasteiger partial charge in [-0.3, -0.25) is 19.3 Å². The molecule has 0 atom stereocenters. The van der Waals surface area contributed by atoms with Crippen molar-refractivity contribution in [1.82, 2.24) is 4.90 Å². The van der Waals surface area contributed by atoms with Crippen molar-refractivity contribution in [2.75, 3.05) is 18.5 Å². The molecule has 7 nitrogen and oxygen atoms in total. The third kappa shape index (κ3) is 7.05. The zero-order chi connectivity index (χ0) is 24.0. The third-order valence-corrected chi connectivity index (χ3v) is 6.21. The normalized spacial score (nSPS) is 14.6. The van der Waals surface area contributed by atoms with E-state index in [1.54, 1.807) is 36.4 Å². The number of ether oxygens (including phenoxy) is 1. The third-order valence-electron chi connectivity index (χ3n) is 4.60. The molecule has 1 aliphatic heterocycles. The van der Waals surface area contributed by atoms with Crippen molar-refractivity contribution in [3.63, 3.8) is 0 Å². The molecule has 2 amide bonds. The van der Waals surface area contributed by atoms with Gasteiger partial charge in [0.2, 0.25) is 0 Å². The van der Waals surface area contributed by atoms with E-state index in [-0.39, 0.29) is 31.4 Å². The number of carboxylic acids is 1. The Morgan fingerprint density at radius 2 is 1.97 bits per heavy atom. The van der Waals surface area contributed by atoms with Crippen LogP contribution in [0.25, 0.3) is 6.08 Å². The maximum absolute atomic E-state index is 12.7. The Balaban J connectivity index is 1.69. The molecule has 2 aromatic rings. The number of amides is 2. The van der Waals surface area contributed by atoms with Crippen LogP contribution in [0.3, 0.4) is 0 Å². The summed E-state index contributed by atoms with van der Waals surface area (Å²) in [4.78, 5) is 37.5. The number of rotatable bonds is 9. The van der Waals surface area contributed by atoms with Gasteiger partial charge in [-0.05, 0) is 49.8 Å². The molecule has 33 heavy (non-hydrogen) atoms. The van der Waals surface area contributed by atoms with E-state index in [4.69, 9.17) is 33.7 Å². The first-order valence-corrected chi connectivity index (χ1v) is 11.6. The van der Waals surface area contributed by atoms with Crippen LogP contribution in [0.1, 0.15) is 24.0 Å². The van der Waals surface area contributed by atoms with E-state index in [9.17, 15) is 14.4 Å². The molecular weight excluding hydrogens is 484 g/mol. The van der Waals surface area contributed by atoms with Crippen molar-refractivity contribution in [3.8, 4) is 5.75 Å². The number of hydrogen-bond donors (Lipinski definition) is 2. The van der Waals surface area contributed by atoms with Gasteiger partial charge in [0.05, 0.1) is 4.91 Å². The predicted molar refractivity (Wildman–Crippen MR) is 134 cm³/mol. The first-order valence-electron chi connectivity index (χ1n) is 9.99. The lowest BCUT2D eigenvalue weighted by Crippen LogP contribution is -2.29. The molecule has 0 saturated carbocycles. The molecule has 0 spiro atoms. The van der Waals surface area contributed by atoms with Crippen LogP contribution in [0.5, 0.6) is 5.75 Å². The van der Waals surface area contributed by atoms with Crippen molar-refractivity contribution in [2.24, 2.45) is 0 Å². The summed E-state index contributed by atoms with van der Waals surface area (Å²) in [5.74, 6) is -1.18. The lowest BCUT2D eigenvalue weighted by molar-refractivity contribution is -0.137. The quantitative estimate of drug-likeness (QED) is 0.376. The monoisotopic (exact) mass is 504 g/mol. The summed E-state index contributed by atoms with van der Waals surface area (Å²) in [5, 5.41) is 12.0. The van der Waals surface area contributed by atoms with Gasteiger partial charge < -0.3 is 15.2 Å². The number of halogens is 1. The molecular formula is C23H21ClN2O5S2. The molecule has 1 aliphatic rings. The van der Waals surface area contributed by atoms with Gasteiger partial charge in [-0.1, -0.05) is 53.3 Å². The molecule has 2 aromatic carbocycles. The Morgan fingerprint density at radius 1 is 1.24 bits per heavy atom. The highest BCUT2D eigenvalue weighted by molar-refractivity contribution is 8.26. The van der Waals surface area contributed by atoms with E-state index in [1.165, 1.54) is 4.90 Å². The molecule has 2 N–H and O–H groups in total. The maximum atomic E-state index is 12.7. The van der Waals surface area contributed by atoms with Crippen molar-refractivity contribution in [1.29, 1.82) is 0 Å². The fourth-order valence-electron chi connectivity index (χ4n) is 2.96. The number of carboxylic acid groups (broad SMARTS) is 1. The summed E-state index contributed by atoms with van der Waals surface area (Å²) in [6.07, 6.45) is 1.86. The molecule has 1 fully saturated rings. The minimum absolute atomic E-state index is 0.0486. The average molecular weight is 505 g/mol. The fraction of sp³-hybridized carbons (Fsp3) is 0.217. The molecule has 1 heterocycles. The molecule has 10 heteroatoms. The van der Waals surface area contributed by atoms with E-state index < -0.39 is 5.97 Å². The van der Waals surface area contributed by atoms with E-state index in [0.29, 0.717) is 37.7 Å². The first-order chi connectivity index (χ1) is 15.7. The SMILES string of the molecule is Cc1ccc(NC(=O)COc2ccc(Cl)cc2/C=C2\SC(=S)N(CCCC(=O)O)C2=O)cc1. The number of carbonyl (C=O) groups excluding carboxylic acids is 2. The summed E-state index contributed by atoms with van der Waals surface area (Å²) < 4.78 is 6.05. The van der Waals surface area contributed by atoms with Crippen LogP contribution in [0.15, 0.2) is 47.4 Å². The molecule has 0 radical (unpaired) electrons. The van der Waals surface area contributed by atoms with Gasteiger partial charge in [-0.15, -0.1) is 0 Å². The number of anilines is 1. The number of thioether (sulfide) groups is 1. The fourth-order valence-corrected chi connectivity index (χ4v) is 4.44. The Hall–Kier alpha value is -2.88. The number of thiocarbonyl (C=S) groups is 1. The Bertz CT molecular complexity index is 1120. The van der Waals surface area contributed by atoms with Crippen LogP contribution in [0.4, 0.5) is 5.69 Å². The molecule has 0 aromatic heterocycles. The molecule has 0 unspecified atom stereocenters. The number of hydrogen-bond acceptors (Lipinski definition) is 6. The lowest BCUT2D eigenvalue weighted by atomic mass is 10.2. The van der Waals surface area contributed by atoms with Crippen LogP contribution in [-0.2, 0) is 14.4 Å². The molecule has 1 saturated heterocycles. The lowest BCUT2D eigenvalue weighted by Gasteiger charge is -2.13. The number of aryl methyl sites for hydroxylation is 1. The number of aliphatic carboxylic acids is 1. The number of nitrogens with one attached hydrogen (secondary N) is 1. The first kappa shape index (κ1) is 24.8. The Morgan fingerprint density at radius 3 is 2.67 bits per heavy atom. The summed E-state index contributed by atoms with van der Waals surface area (Å²) in [7, 11) is 0. The van der Waals surface area contributed by atoms with E-state index in [2.05, 4.69) is 5.32 Å². The van der Waals surface area contributed by atoms with Crippen molar-refractivity contribution >= 4 is 69.4 Å². The summed E-state index contributed by atoms with van der Waals surface area (Å²) in [6.45, 7) is 1.96. The van der Waals surface area contributed by atoms with Gasteiger partial charge in [-0.25, -0.2) is 0 Å². The molecule has 0 bridgehead atoms. The van der Waals surface area contributed by atoms with Gasteiger partial charge in [0.25, 0.3) is 11.8 Å². The molecule has 172 valence electrons. The van der Waals surface area contributed by atoms with Crippen molar-refractivity contribution < 1.29 is 24.2 Å². The predicted octanol–water partition coefficient (Wildman–Crippen LogP) is 4.73. The van der Waals surface area contributed by atoms with Gasteiger partial charge in [0, 0.05) is 29.2 Å². The summed E-state index contributed by atoms with van der Waals surface area (Å²) >= 11 is 12.5. The average Bonchev–Trinajstić information content (AvgIpc) is 3.02. The van der Waals surface area contributed by atoms with E-state index in [0.717, 1.165) is 17.3 Å². The van der Waals surface area contributed by atoms with Crippen LogP contribution in [0.2, 0.25) is 5.02 Å². The van der Waals surface area contributed by atoms with Crippen molar-refractivity contribution in [2.45, 2.75) is 19.8 Å². The largest absolute Gasteiger partial charge is 0.483 e. The van der Waals surface area contributed by atoms with Crippen molar-refractivity contribution in [3.05, 3.63) is 63.5 Å². The standard InChI is InChI=1S/C23H21ClN2O5S2/c1-14-4-7-17(8-5-14)25-20(27)13-31-18-9-6-16(24)11-15(18)12-19-22(30)26(23(32)33-19)10-2-3-21(28)29/h4-9,11-12H,2-3,10,13H2,1H3,(H,25,27)(H,28,29)/b19-12-. The summed E-state index contributed by atoms with van der Waals surface area (Å²) in [5.41, 5.74) is 2.27. The Kier molecular flexibility index (Phi) is 8.49. The van der Waals surface area contributed by atoms with E-state index in [1.807, 2.05) is 19.1 Å². The smallest absolute Gasteiger partial charge is 0.303 e. The van der Waals surface area contributed by atoms with Crippen LogP contribution in [-0.4, -0.2) is 45.3 Å². The highest BCUT2D eigenvalue weighted by atomic mass is 35.5. The highest BCUT2D eigenvalue weighted by Gasteiger charge is 2.32. The number of carbonyl (C=O) groups is 3. The maximum Gasteiger partial charge on any atom is 0.303 e. The second-order valence-corrected chi connectivity index (χ2v) is 9.33. The van der Waals surface area contributed by atoms with Gasteiger partial charge in [-0.2, -0.15) is 0 Å². The van der Waals surface area contributed by atoms with Gasteiger partial charge in [0.1, 0.15) is 10.1 Å². The van der Waals surface area contributed by atoms with Crippen LogP contribution < -0.4 is 10.1 Å². The highest BCUT2D eigenvalue weighted by Crippen LogP contribution is 2.35. The minimum Gasteiger partial charge on any atom is -0.483 e. The number of benzene rings is 2. The number of nitrogens with zero attached hydrogens (tertiary/aromatic N) is 1. The Labute approximate surface area is 205 Å². The molecule has 0 aliphatic carbocycles. The second kappa shape index (κ2) is 11.3. The zero-order valence-electron chi connectivity index (χ0n) is 17.7. The minimum atomic E-state index is -0.928. The van der Waals surface area contributed by atoms with Gasteiger partial charge in [0.15, 0.2) is 6.61 Å². The second-order valence-electron chi connectivity index (χ2n) is 7.22. The molecule has 3 rings (SSSR count). The summed E-state index contributed by atoms with van der Waals surface area (Å²) in [6, 6.07) is 12.3. The van der Waals surface area contributed by atoms with Gasteiger partial charge >= 0.3 is 5.97 Å².